The SMILES string of the molecule is O=C(CCCN1C(=O)c2ccccc2S1(=O)=O)Nc1ccc2c(c1)OCCO2. The number of benzene rings is 2. The molecule has 9 heteroatoms. The van der Waals surface area contributed by atoms with Crippen LogP contribution in [0.3, 0.4) is 0 Å². The maximum absolute atomic E-state index is 12.5. The van der Waals surface area contributed by atoms with E-state index in [9.17, 15) is 18.0 Å². The van der Waals surface area contributed by atoms with Crippen molar-refractivity contribution >= 4 is 27.5 Å². The molecule has 2 aliphatic rings. The lowest BCUT2D eigenvalue weighted by Gasteiger charge is -2.19. The molecule has 2 aromatic rings. The highest BCUT2D eigenvalue weighted by Gasteiger charge is 2.40. The normalized spacial score (nSPS) is 16.6. The molecule has 0 saturated carbocycles. The fourth-order valence-corrected chi connectivity index (χ4v) is 4.79. The van der Waals surface area contributed by atoms with Gasteiger partial charge in [0.1, 0.15) is 18.1 Å². The van der Waals surface area contributed by atoms with Crippen LogP contribution in [0.5, 0.6) is 11.5 Å². The second kappa shape index (κ2) is 7.16. The Bertz CT molecular complexity index is 1050. The van der Waals surface area contributed by atoms with Crippen molar-refractivity contribution in [1.82, 2.24) is 4.31 Å². The van der Waals surface area contributed by atoms with Crippen LogP contribution < -0.4 is 14.8 Å². The molecule has 0 fully saturated rings. The molecule has 2 aromatic carbocycles. The predicted octanol–water partition coefficient (Wildman–Crippen LogP) is 2.02. The number of nitrogens with one attached hydrogen (secondary N) is 1. The van der Waals surface area contributed by atoms with Crippen LogP contribution in [-0.2, 0) is 14.8 Å². The molecule has 8 nitrogen and oxygen atoms in total. The largest absolute Gasteiger partial charge is 0.486 e. The first kappa shape index (κ1) is 18.3. The molecule has 2 aliphatic heterocycles. The van der Waals surface area contributed by atoms with Gasteiger partial charge in [-0.15, -0.1) is 0 Å². The average molecular weight is 402 g/mol. The standard InChI is InChI=1S/C19H18N2O6S/c22-18(20-13-7-8-15-16(12-13)27-11-10-26-15)6-3-9-21-19(23)14-4-1-2-5-17(14)28(21,24)25/h1-2,4-5,7-8,12H,3,6,9-11H2,(H,20,22). The van der Waals surface area contributed by atoms with Crippen LogP contribution in [0.4, 0.5) is 5.69 Å². The number of anilines is 1. The van der Waals surface area contributed by atoms with Crippen molar-refractivity contribution in [2.75, 3.05) is 25.1 Å². The van der Waals surface area contributed by atoms with Gasteiger partial charge in [0.05, 0.1) is 5.56 Å². The zero-order valence-corrected chi connectivity index (χ0v) is 15.7. The number of fused-ring (bicyclic) bond motifs is 2. The van der Waals surface area contributed by atoms with E-state index in [1.807, 2.05) is 0 Å². The van der Waals surface area contributed by atoms with E-state index in [4.69, 9.17) is 9.47 Å². The lowest BCUT2D eigenvalue weighted by Crippen LogP contribution is -2.31. The molecular formula is C19H18N2O6S. The summed E-state index contributed by atoms with van der Waals surface area (Å²) in [7, 11) is -3.84. The molecule has 28 heavy (non-hydrogen) atoms. The third-order valence-corrected chi connectivity index (χ3v) is 6.34. The van der Waals surface area contributed by atoms with Gasteiger partial charge in [-0.25, -0.2) is 12.7 Å². The van der Waals surface area contributed by atoms with E-state index < -0.39 is 15.9 Å². The summed E-state index contributed by atoms with van der Waals surface area (Å²) < 4.78 is 36.7. The first-order valence-corrected chi connectivity index (χ1v) is 10.3. The lowest BCUT2D eigenvalue weighted by atomic mass is 10.2. The number of hydrogen-bond donors (Lipinski definition) is 1. The minimum Gasteiger partial charge on any atom is -0.486 e. The average Bonchev–Trinajstić information content (AvgIpc) is 2.89. The zero-order chi connectivity index (χ0) is 19.7. The van der Waals surface area contributed by atoms with Gasteiger partial charge >= 0.3 is 0 Å². The van der Waals surface area contributed by atoms with Gasteiger partial charge in [0.2, 0.25) is 5.91 Å². The minimum atomic E-state index is -3.84. The van der Waals surface area contributed by atoms with Crippen molar-refractivity contribution in [1.29, 1.82) is 0 Å². The second-order valence-corrected chi connectivity index (χ2v) is 8.22. The van der Waals surface area contributed by atoms with Crippen molar-refractivity contribution in [2.24, 2.45) is 0 Å². The van der Waals surface area contributed by atoms with Gasteiger partial charge in [-0.2, -0.15) is 0 Å². The van der Waals surface area contributed by atoms with Crippen LogP contribution in [0.1, 0.15) is 23.2 Å². The van der Waals surface area contributed by atoms with Crippen LogP contribution in [-0.4, -0.2) is 44.3 Å². The Balaban J connectivity index is 1.34. The highest BCUT2D eigenvalue weighted by atomic mass is 32.2. The maximum Gasteiger partial charge on any atom is 0.269 e. The summed E-state index contributed by atoms with van der Waals surface area (Å²) >= 11 is 0. The van der Waals surface area contributed by atoms with Crippen LogP contribution in [0.15, 0.2) is 47.4 Å². The molecule has 4 rings (SSSR count). The van der Waals surface area contributed by atoms with Crippen molar-refractivity contribution < 1.29 is 27.5 Å². The van der Waals surface area contributed by atoms with Gasteiger partial charge in [0.25, 0.3) is 15.9 Å². The number of nitrogens with zero attached hydrogens (tertiary/aromatic N) is 1. The van der Waals surface area contributed by atoms with E-state index in [1.165, 1.54) is 12.1 Å². The van der Waals surface area contributed by atoms with Gasteiger partial charge in [-0.3, -0.25) is 9.59 Å². The number of hydrogen-bond acceptors (Lipinski definition) is 6. The molecule has 0 spiro atoms. The first-order chi connectivity index (χ1) is 13.5. The van der Waals surface area contributed by atoms with Crippen LogP contribution in [0.25, 0.3) is 0 Å². The summed E-state index contributed by atoms with van der Waals surface area (Å²) in [5.41, 5.74) is 0.731. The van der Waals surface area contributed by atoms with E-state index in [1.54, 1.807) is 30.3 Å². The fourth-order valence-electron chi connectivity index (χ4n) is 3.18. The third-order valence-electron chi connectivity index (χ3n) is 4.50. The van der Waals surface area contributed by atoms with Gasteiger partial charge in [-0.1, -0.05) is 12.1 Å². The first-order valence-electron chi connectivity index (χ1n) is 8.82. The highest BCUT2D eigenvalue weighted by molar-refractivity contribution is 7.90. The van der Waals surface area contributed by atoms with Crippen molar-refractivity contribution in [3.63, 3.8) is 0 Å². The van der Waals surface area contributed by atoms with Gasteiger partial charge < -0.3 is 14.8 Å². The fraction of sp³-hybridized carbons (Fsp3) is 0.263. The summed E-state index contributed by atoms with van der Waals surface area (Å²) in [6, 6.07) is 11.2. The molecule has 0 saturated heterocycles. The van der Waals surface area contributed by atoms with Crippen molar-refractivity contribution in [2.45, 2.75) is 17.7 Å². The molecule has 0 aromatic heterocycles. The summed E-state index contributed by atoms with van der Waals surface area (Å²) in [4.78, 5) is 24.5. The van der Waals surface area contributed by atoms with E-state index >= 15 is 0 Å². The highest BCUT2D eigenvalue weighted by Crippen LogP contribution is 2.33. The Morgan fingerprint density at radius 3 is 2.61 bits per heavy atom. The Hall–Kier alpha value is -3.07. The summed E-state index contributed by atoms with van der Waals surface area (Å²) in [5.74, 6) is 0.359. The molecule has 2 heterocycles. The topological polar surface area (TPSA) is 102 Å². The van der Waals surface area contributed by atoms with Crippen molar-refractivity contribution in [3.05, 3.63) is 48.0 Å². The smallest absolute Gasteiger partial charge is 0.269 e. The van der Waals surface area contributed by atoms with Crippen LogP contribution in [0.2, 0.25) is 0 Å². The molecular weight excluding hydrogens is 384 g/mol. The minimum absolute atomic E-state index is 0.0146. The molecule has 0 aliphatic carbocycles. The van der Waals surface area contributed by atoms with Crippen molar-refractivity contribution in [3.8, 4) is 11.5 Å². The number of rotatable bonds is 5. The molecule has 0 unspecified atom stereocenters. The number of carbonyl (C=O) groups excluding carboxylic acids is 2. The molecule has 0 bridgehead atoms. The Kier molecular flexibility index (Phi) is 4.68. The maximum atomic E-state index is 12.5. The third kappa shape index (κ3) is 3.29. The van der Waals surface area contributed by atoms with E-state index in [0.29, 0.717) is 30.4 Å². The Morgan fingerprint density at radius 2 is 1.82 bits per heavy atom. The molecule has 1 N–H and O–H groups in total. The Labute approximate surface area is 162 Å². The monoisotopic (exact) mass is 402 g/mol. The molecule has 0 radical (unpaired) electrons. The molecule has 0 atom stereocenters. The molecule has 2 amide bonds. The van der Waals surface area contributed by atoms with Crippen LogP contribution in [0, 0.1) is 0 Å². The number of sulfonamides is 1. The number of carbonyl (C=O) groups is 2. The summed E-state index contributed by atoms with van der Waals surface area (Å²) in [6.45, 7) is 0.885. The Morgan fingerprint density at radius 1 is 1.07 bits per heavy atom. The predicted molar refractivity (Wildman–Crippen MR) is 100.0 cm³/mol. The van der Waals surface area contributed by atoms with E-state index in [-0.39, 0.29) is 35.8 Å². The van der Waals surface area contributed by atoms with Gasteiger partial charge in [0.15, 0.2) is 11.5 Å². The van der Waals surface area contributed by atoms with E-state index in [0.717, 1.165) is 4.31 Å². The summed E-state index contributed by atoms with van der Waals surface area (Å²) in [6.07, 6.45) is 0.291. The summed E-state index contributed by atoms with van der Waals surface area (Å²) in [5, 5.41) is 2.74. The van der Waals surface area contributed by atoms with Gasteiger partial charge in [-0.05, 0) is 30.7 Å². The van der Waals surface area contributed by atoms with E-state index in [2.05, 4.69) is 5.32 Å². The number of amides is 2. The zero-order valence-electron chi connectivity index (χ0n) is 14.9. The quantitative estimate of drug-likeness (QED) is 0.821. The number of ether oxygens (including phenoxy) is 2. The van der Waals surface area contributed by atoms with Gasteiger partial charge in [0, 0.05) is 24.7 Å². The lowest BCUT2D eigenvalue weighted by molar-refractivity contribution is -0.116. The second-order valence-electron chi connectivity index (χ2n) is 6.39. The van der Waals surface area contributed by atoms with Crippen LogP contribution >= 0.6 is 0 Å². The molecule has 146 valence electrons.